The molecule has 33 heavy (non-hydrogen) atoms. The van der Waals surface area contributed by atoms with Gasteiger partial charge in [-0.3, -0.25) is 9.78 Å². The Labute approximate surface area is 196 Å². The van der Waals surface area contributed by atoms with Crippen molar-refractivity contribution < 1.29 is 4.79 Å². The fourth-order valence-electron chi connectivity index (χ4n) is 4.06. The Bertz CT molecular complexity index is 1200. The van der Waals surface area contributed by atoms with Crippen molar-refractivity contribution in [2.75, 3.05) is 33.7 Å². The molecule has 1 amide bonds. The van der Waals surface area contributed by atoms with E-state index in [1.807, 2.05) is 50.8 Å². The number of hydrogen-bond acceptors (Lipinski definition) is 4. The predicted molar refractivity (Wildman–Crippen MR) is 136 cm³/mol. The van der Waals surface area contributed by atoms with E-state index < -0.39 is 0 Å². The van der Waals surface area contributed by atoms with Crippen molar-refractivity contribution in [3.8, 4) is 11.3 Å². The topological polar surface area (TPSA) is 48.5 Å². The van der Waals surface area contributed by atoms with Crippen LogP contribution in [0, 0.1) is 6.92 Å². The molecule has 2 aliphatic heterocycles. The lowest BCUT2D eigenvalue weighted by Gasteiger charge is -2.29. The van der Waals surface area contributed by atoms with Gasteiger partial charge in [0.2, 0.25) is 0 Å². The van der Waals surface area contributed by atoms with Gasteiger partial charge in [0.05, 0.1) is 17.0 Å². The van der Waals surface area contributed by atoms with Crippen LogP contribution in [0.3, 0.4) is 0 Å². The zero-order chi connectivity index (χ0) is 23.4. The standard InChI is InChI=1S/C28H30N4O/c1-5-21-10-11-23(18-20(21)2)27-24(8-6-13-29-27)22-12-16-32-15-7-9-25(26(32)19-22)28(33)30-14-17-31(3)4/h5-13,16,18-19H,1,14-15,17H2,2-4H3,(H,30,33). The Morgan fingerprint density at radius 2 is 2.12 bits per heavy atom. The summed E-state index contributed by atoms with van der Waals surface area (Å²) in [5.74, 6) is -0.0549. The Kier molecular flexibility index (Phi) is 6.71. The molecule has 0 radical (unpaired) electrons. The van der Waals surface area contributed by atoms with Gasteiger partial charge in [-0.1, -0.05) is 36.9 Å². The van der Waals surface area contributed by atoms with Gasteiger partial charge in [0.25, 0.3) is 5.91 Å². The second-order valence-electron chi connectivity index (χ2n) is 8.50. The maximum absolute atomic E-state index is 12.9. The molecule has 3 heterocycles. The lowest BCUT2D eigenvalue weighted by atomic mass is 9.93. The third-order valence-corrected chi connectivity index (χ3v) is 5.87. The van der Waals surface area contributed by atoms with Gasteiger partial charge in [0, 0.05) is 43.2 Å². The van der Waals surface area contributed by atoms with Crippen LogP contribution in [0.1, 0.15) is 16.7 Å². The number of nitrogens with zero attached hydrogens (tertiary/aromatic N) is 3. The average molecular weight is 439 g/mol. The maximum atomic E-state index is 12.9. The zero-order valence-corrected chi connectivity index (χ0v) is 19.5. The summed E-state index contributed by atoms with van der Waals surface area (Å²) in [5, 5.41) is 3.04. The minimum Gasteiger partial charge on any atom is -0.351 e. The van der Waals surface area contributed by atoms with Crippen molar-refractivity contribution in [1.82, 2.24) is 20.1 Å². The summed E-state index contributed by atoms with van der Waals surface area (Å²) >= 11 is 0. The van der Waals surface area contributed by atoms with Crippen molar-refractivity contribution >= 4 is 17.6 Å². The van der Waals surface area contributed by atoms with Crippen molar-refractivity contribution in [2.24, 2.45) is 0 Å². The number of aryl methyl sites for hydroxylation is 1. The number of likely N-dealkylation sites (N-methyl/N-ethyl adjacent to an activating group) is 1. The van der Waals surface area contributed by atoms with Crippen LogP contribution in [0.4, 0.5) is 0 Å². The highest BCUT2D eigenvalue weighted by Gasteiger charge is 2.22. The van der Waals surface area contributed by atoms with E-state index in [-0.39, 0.29) is 5.91 Å². The Morgan fingerprint density at radius 1 is 1.27 bits per heavy atom. The smallest absolute Gasteiger partial charge is 0.253 e. The number of hydrogen-bond donors (Lipinski definition) is 1. The number of allylic oxidation sites excluding steroid dienone is 3. The van der Waals surface area contributed by atoms with Gasteiger partial charge < -0.3 is 15.1 Å². The van der Waals surface area contributed by atoms with Crippen molar-refractivity contribution in [3.05, 3.63) is 102 Å². The Balaban J connectivity index is 1.71. The largest absolute Gasteiger partial charge is 0.351 e. The van der Waals surface area contributed by atoms with Crippen LogP contribution in [-0.2, 0) is 4.79 Å². The first-order valence-electron chi connectivity index (χ1n) is 11.2. The van der Waals surface area contributed by atoms with Crippen LogP contribution in [0.5, 0.6) is 0 Å². The number of carbonyl (C=O) groups is 1. The predicted octanol–water partition coefficient (Wildman–Crippen LogP) is 4.41. The third-order valence-electron chi connectivity index (χ3n) is 5.87. The molecule has 0 aliphatic carbocycles. The quantitative estimate of drug-likeness (QED) is 0.696. The molecule has 1 aromatic heterocycles. The van der Waals surface area contributed by atoms with Crippen molar-refractivity contribution in [2.45, 2.75) is 6.92 Å². The van der Waals surface area contributed by atoms with Gasteiger partial charge in [-0.25, -0.2) is 0 Å². The number of rotatable bonds is 7. The van der Waals surface area contributed by atoms with E-state index in [0.717, 1.165) is 52.3 Å². The van der Waals surface area contributed by atoms with Crippen LogP contribution in [0.25, 0.3) is 22.9 Å². The van der Waals surface area contributed by atoms with Crippen molar-refractivity contribution in [1.29, 1.82) is 0 Å². The number of carbonyl (C=O) groups excluding carboxylic acids is 1. The SMILES string of the molecule is C=Cc1ccc(-c2ncccc2C2=CC3=C(C(=O)NCCN(C)C)C=CCN3C=C2)cc1C. The summed E-state index contributed by atoms with van der Waals surface area (Å²) in [7, 11) is 3.99. The Hall–Kier alpha value is -3.70. The van der Waals surface area contributed by atoms with Gasteiger partial charge in [-0.2, -0.15) is 0 Å². The molecule has 5 nitrogen and oxygen atoms in total. The van der Waals surface area contributed by atoms with E-state index in [0.29, 0.717) is 12.1 Å². The van der Waals surface area contributed by atoms with Crippen LogP contribution in [-0.4, -0.2) is 54.4 Å². The van der Waals surface area contributed by atoms with Crippen LogP contribution < -0.4 is 5.32 Å². The fraction of sp³-hybridized carbons (Fsp3) is 0.214. The van der Waals surface area contributed by atoms with Gasteiger partial charge in [0.1, 0.15) is 0 Å². The third kappa shape index (κ3) is 4.89. The molecule has 0 unspecified atom stereocenters. The molecule has 4 rings (SSSR count). The number of amides is 1. The maximum Gasteiger partial charge on any atom is 0.253 e. The summed E-state index contributed by atoms with van der Waals surface area (Å²) < 4.78 is 0. The molecule has 2 aromatic rings. The second-order valence-corrected chi connectivity index (χ2v) is 8.50. The van der Waals surface area contributed by atoms with E-state index >= 15 is 0 Å². The molecule has 0 saturated carbocycles. The summed E-state index contributed by atoms with van der Waals surface area (Å²) in [6, 6.07) is 10.3. The molecule has 0 bridgehead atoms. The molecule has 168 valence electrons. The van der Waals surface area contributed by atoms with E-state index in [1.165, 1.54) is 0 Å². The summed E-state index contributed by atoms with van der Waals surface area (Å²) in [6.07, 6.45) is 13.9. The van der Waals surface area contributed by atoms with Crippen LogP contribution in [0.15, 0.2) is 84.9 Å². The molecule has 5 heteroatoms. The minimum atomic E-state index is -0.0549. The van der Waals surface area contributed by atoms with Crippen LogP contribution >= 0.6 is 0 Å². The van der Waals surface area contributed by atoms with Crippen LogP contribution in [0.2, 0.25) is 0 Å². The van der Waals surface area contributed by atoms with E-state index in [2.05, 4.69) is 65.0 Å². The highest BCUT2D eigenvalue weighted by atomic mass is 16.1. The molecule has 2 aliphatic rings. The zero-order valence-electron chi connectivity index (χ0n) is 19.5. The van der Waals surface area contributed by atoms with Gasteiger partial charge >= 0.3 is 0 Å². The molecule has 1 aromatic carbocycles. The number of pyridine rings is 1. The number of aromatic nitrogens is 1. The molecule has 0 atom stereocenters. The van der Waals surface area contributed by atoms with Gasteiger partial charge in [-0.15, -0.1) is 0 Å². The number of benzene rings is 1. The van der Waals surface area contributed by atoms with Crippen molar-refractivity contribution in [3.63, 3.8) is 0 Å². The van der Waals surface area contributed by atoms with Gasteiger partial charge in [-0.05, 0) is 68.1 Å². The van der Waals surface area contributed by atoms with E-state index in [4.69, 9.17) is 4.98 Å². The molecular weight excluding hydrogens is 408 g/mol. The van der Waals surface area contributed by atoms with Gasteiger partial charge in [0.15, 0.2) is 0 Å². The van der Waals surface area contributed by atoms with E-state index in [9.17, 15) is 4.79 Å². The molecule has 0 saturated heterocycles. The minimum absolute atomic E-state index is 0.0549. The first-order chi connectivity index (χ1) is 16.0. The summed E-state index contributed by atoms with van der Waals surface area (Å²) in [5.41, 5.74) is 7.91. The molecule has 0 spiro atoms. The lowest BCUT2D eigenvalue weighted by molar-refractivity contribution is -0.117. The lowest BCUT2D eigenvalue weighted by Crippen LogP contribution is -2.34. The Morgan fingerprint density at radius 3 is 2.88 bits per heavy atom. The highest BCUT2D eigenvalue weighted by Crippen LogP contribution is 2.34. The number of fused-ring (bicyclic) bond motifs is 1. The monoisotopic (exact) mass is 438 g/mol. The number of nitrogens with one attached hydrogen (secondary N) is 1. The fourth-order valence-corrected chi connectivity index (χ4v) is 4.06. The summed E-state index contributed by atoms with van der Waals surface area (Å²) in [4.78, 5) is 21.8. The molecular formula is C28H30N4O. The first-order valence-corrected chi connectivity index (χ1v) is 11.2. The average Bonchev–Trinajstić information content (AvgIpc) is 2.83. The summed E-state index contributed by atoms with van der Waals surface area (Å²) in [6.45, 7) is 8.12. The molecule has 1 N–H and O–H groups in total. The van der Waals surface area contributed by atoms with E-state index in [1.54, 1.807) is 0 Å². The second kappa shape index (κ2) is 9.84. The normalized spacial score (nSPS) is 14.9. The molecule has 0 fully saturated rings. The highest BCUT2D eigenvalue weighted by molar-refractivity contribution is 5.99. The first kappa shape index (κ1) is 22.5.